The summed E-state index contributed by atoms with van der Waals surface area (Å²) >= 11 is 9.57. The third-order valence-electron chi connectivity index (χ3n) is 10.3. The molecule has 83 heavy (non-hydrogen) atoms. The smallest absolute Gasteiger partial charge is 0.316 e. The van der Waals surface area contributed by atoms with Crippen molar-refractivity contribution in [2.45, 2.75) is 47.4 Å². The van der Waals surface area contributed by atoms with Gasteiger partial charge >= 0.3 is 11.9 Å². The van der Waals surface area contributed by atoms with Gasteiger partial charge in [-0.1, -0.05) is 67.6 Å². The van der Waals surface area contributed by atoms with Crippen LogP contribution in [0.5, 0.6) is 0 Å². The molecule has 3 aromatic heterocycles. The van der Waals surface area contributed by atoms with Crippen molar-refractivity contribution in [3.05, 3.63) is 189 Å². The van der Waals surface area contributed by atoms with Crippen molar-refractivity contribution in [3.8, 4) is 22.3 Å². The standard InChI is InChI=1S/C21H17BrN4O4S.C12H12N2O2S.C10H7BrN2O2.C5H5BrN2.C5H6O3.3CH3.Al/c22-15-7-10-19(24-13-15)26-21(28)12-11-20(27)25-16-8-5-14(6-9-16)17-3-1-2-4-18(17)31(23,29)30;13-10-7-5-9(6-8-10)11-3-1-2-4-12(11)17(14,15)16;1-6-4-9(14)13(10(6)15)8-3-2-7(11)5-12-8;6-4-1-2-5(7)8-3-4;1-3-2-4(6)8-5(3)7;;;;/h1-13H,(H,25,27)(H2,23,29,30)(H,24,26,28);1-8H,13H2,(H2,14,15,16);2-5H,1H3;1-3H,(H2,7,8);3H,2H2,1H3;3*1H3;/b12-11-;;;;;;;;. The summed E-state index contributed by atoms with van der Waals surface area (Å²) in [6.07, 6.45) is 8.50. The number of nitrogen functional groups attached to an aromatic ring is 2. The second-order valence-corrected chi connectivity index (χ2v) is 27.4. The molecule has 2 aliphatic heterocycles. The number of imide groups is 1. The van der Waals surface area contributed by atoms with E-state index >= 15 is 0 Å². The van der Waals surface area contributed by atoms with Crippen molar-refractivity contribution in [3.63, 3.8) is 0 Å². The zero-order valence-electron chi connectivity index (χ0n) is 45.1. The Labute approximate surface area is 509 Å². The molecule has 5 heterocycles. The van der Waals surface area contributed by atoms with E-state index in [-0.39, 0.29) is 48.1 Å². The number of primary sulfonamides is 2. The van der Waals surface area contributed by atoms with E-state index in [2.05, 4.69) is 95.5 Å². The summed E-state index contributed by atoms with van der Waals surface area (Å²) in [7, 11) is -7.60. The van der Waals surface area contributed by atoms with Crippen LogP contribution < -0.4 is 37.3 Å². The summed E-state index contributed by atoms with van der Waals surface area (Å²) in [5.74, 6) is 5.50. The molecule has 10 N–H and O–H groups in total. The van der Waals surface area contributed by atoms with Crippen LogP contribution in [0.25, 0.3) is 22.3 Å². The first kappa shape index (κ1) is 67.9. The molecule has 2 aliphatic rings. The van der Waals surface area contributed by atoms with E-state index in [4.69, 9.17) is 21.7 Å². The summed E-state index contributed by atoms with van der Waals surface area (Å²) < 4.78 is 53.2. The zero-order valence-corrected chi connectivity index (χ0v) is 52.6. The highest BCUT2D eigenvalue weighted by molar-refractivity contribution is 9.11. The Morgan fingerprint density at radius 3 is 1.47 bits per heavy atom. The number of benzene rings is 4. The van der Waals surface area contributed by atoms with E-state index in [1.54, 1.807) is 142 Å². The maximum atomic E-state index is 12.1. The Hall–Kier alpha value is -7.58. The third-order valence-corrected chi connectivity index (χ3v) is 13.7. The van der Waals surface area contributed by atoms with Gasteiger partial charge in [-0.05, 0) is 139 Å². The van der Waals surface area contributed by atoms with Crippen molar-refractivity contribution in [1.29, 1.82) is 0 Å². The van der Waals surface area contributed by atoms with E-state index in [1.807, 2.05) is 6.07 Å². The molecule has 0 aliphatic carbocycles. The number of aromatic nitrogens is 3. The molecule has 21 nitrogen and oxygen atoms in total. The van der Waals surface area contributed by atoms with Crippen molar-refractivity contribution in [2.75, 3.05) is 27.0 Å². The molecule has 27 heteroatoms. The number of cyclic esters (lactones) is 2. The lowest BCUT2D eigenvalue weighted by Crippen LogP contribution is -2.31. The lowest BCUT2D eigenvalue weighted by Gasteiger charge is -2.12. The lowest BCUT2D eigenvalue weighted by molar-refractivity contribution is -0.153. The number of hydrogen-bond acceptors (Lipinski definition) is 16. The van der Waals surface area contributed by atoms with Gasteiger partial charge in [0.2, 0.25) is 31.9 Å². The molecule has 0 radical (unpaired) electrons. The quantitative estimate of drug-likeness (QED) is 0.0196. The number of pyridine rings is 3. The number of esters is 2. The molecule has 4 aromatic carbocycles. The van der Waals surface area contributed by atoms with Crippen LogP contribution in [0.3, 0.4) is 0 Å². The van der Waals surface area contributed by atoms with Gasteiger partial charge in [0, 0.05) is 78.3 Å². The Balaban J connectivity index is 0.000000240. The Morgan fingerprint density at radius 1 is 0.639 bits per heavy atom. The minimum Gasteiger partial charge on any atom is -0.399 e. The number of nitrogens with one attached hydrogen (secondary N) is 2. The fourth-order valence-corrected chi connectivity index (χ4v) is 8.76. The first-order valence-corrected chi connectivity index (χ1v) is 33.4. The van der Waals surface area contributed by atoms with Crippen molar-refractivity contribution < 1.29 is 50.3 Å². The largest absolute Gasteiger partial charge is 0.399 e. The fraction of sp³-hybridized carbons (Fsp3) is 0.125. The average molecular weight is 1380 g/mol. The second-order valence-electron chi connectivity index (χ2n) is 18.1. The number of carbonyl (C=O) groups is 6. The molecular formula is C56H56AlBr3N10O11S2. The molecule has 1 fully saturated rings. The van der Waals surface area contributed by atoms with E-state index in [0.29, 0.717) is 51.1 Å². The molecule has 1 atom stereocenters. The Kier molecular flexibility index (Phi) is 26.4. The summed E-state index contributed by atoms with van der Waals surface area (Å²) in [5.41, 5.74) is 14.8. The number of halogens is 3. The van der Waals surface area contributed by atoms with Gasteiger partial charge in [0.05, 0.1) is 22.1 Å². The fourth-order valence-electron chi connectivity index (χ4n) is 6.54. The highest BCUT2D eigenvalue weighted by Crippen LogP contribution is 2.29. The molecular weight excluding hydrogens is 1320 g/mol. The SMILES string of the molecule is CC1=CC(=O)N(c2ccc(Br)cn2)C1=O.CC1CC(=O)OC1=O.NS(=O)(=O)c1ccccc1-c1ccc(NC(=O)/C=C\C(=O)Nc2ccc(Br)cn2)cc1.Nc1ccc(-c2ccccc2S(N)(=O)=O)cc1.Nc1ccc(Br)cn1.[CH3][Al]([CH3])[CH3]. The monoisotopic (exact) mass is 1370 g/mol. The number of rotatable bonds is 9. The lowest BCUT2D eigenvalue weighted by atomic mass is 10.1. The second kappa shape index (κ2) is 32.3. The van der Waals surface area contributed by atoms with Gasteiger partial charge in [0.15, 0.2) is 0 Å². The number of carbonyl (C=O) groups excluding carboxylic acids is 6. The average Bonchev–Trinajstić information content (AvgIpc) is 4.13. The van der Waals surface area contributed by atoms with Crippen LogP contribution in [0.15, 0.2) is 199 Å². The topological polar surface area (TPSA) is 350 Å². The predicted molar refractivity (Wildman–Crippen MR) is 332 cm³/mol. The van der Waals surface area contributed by atoms with E-state index in [9.17, 15) is 45.6 Å². The van der Waals surface area contributed by atoms with Crippen LogP contribution in [-0.2, 0) is 53.6 Å². The number of ether oxygens (including phenoxy) is 1. The molecule has 0 saturated carbocycles. The third kappa shape index (κ3) is 23.3. The van der Waals surface area contributed by atoms with Gasteiger partial charge in [0.1, 0.15) is 17.5 Å². The van der Waals surface area contributed by atoms with Crippen molar-refractivity contribution in [2.24, 2.45) is 16.2 Å². The molecule has 0 bridgehead atoms. The number of anilines is 5. The minimum atomic E-state index is -3.87. The van der Waals surface area contributed by atoms with Crippen LogP contribution in [0.2, 0.25) is 17.4 Å². The van der Waals surface area contributed by atoms with Gasteiger partial charge in [-0.3, -0.25) is 28.8 Å². The highest BCUT2D eigenvalue weighted by Gasteiger charge is 2.31. The summed E-state index contributed by atoms with van der Waals surface area (Å²) in [6, 6.07) is 36.8. The molecule has 1 saturated heterocycles. The highest BCUT2D eigenvalue weighted by atomic mass is 79.9. The maximum absolute atomic E-state index is 12.1. The Bertz CT molecular complexity index is 3690. The van der Waals surface area contributed by atoms with Gasteiger partial charge in [-0.25, -0.2) is 47.0 Å². The maximum Gasteiger partial charge on any atom is 0.316 e. The van der Waals surface area contributed by atoms with Gasteiger partial charge in [-0.15, -0.1) is 17.4 Å². The van der Waals surface area contributed by atoms with Crippen LogP contribution in [-0.4, -0.2) is 81.5 Å². The first-order chi connectivity index (χ1) is 39.0. The predicted octanol–water partition coefficient (Wildman–Crippen LogP) is 9.43. The molecule has 9 rings (SSSR count). The first-order valence-electron chi connectivity index (χ1n) is 24.4. The number of sulfonamides is 2. The summed E-state index contributed by atoms with van der Waals surface area (Å²) in [4.78, 5) is 80.6. The van der Waals surface area contributed by atoms with Crippen LogP contribution in [0.4, 0.5) is 28.8 Å². The van der Waals surface area contributed by atoms with E-state index in [1.165, 1.54) is 24.4 Å². The molecule has 4 amide bonds. The molecule has 1 unspecified atom stereocenters. The number of hydrogen-bond donors (Lipinski definition) is 6. The summed E-state index contributed by atoms with van der Waals surface area (Å²) in [6.45, 7) is 3.28. The Morgan fingerprint density at radius 2 is 1.10 bits per heavy atom. The van der Waals surface area contributed by atoms with E-state index in [0.717, 1.165) is 36.0 Å². The van der Waals surface area contributed by atoms with Gasteiger partial charge in [0.25, 0.3) is 26.0 Å². The molecule has 0 spiro atoms. The van der Waals surface area contributed by atoms with Crippen LogP contribution >= 0.6 is 47.8 Å². The normalized spacial score (nSPS) is 13.3. The van der Waals surface area contributed by atoms with Crippen LogP contribution in [0.1, 0.15) is 20.3 Å². The van der Waals surface area contributed by atoms with Crippen molar-refractivity contribution in [1.82, 2.24) is 15.0 Å². The zero-order chi connectivity index (χ0) is 61.6. The number of nitrogens with two attached hydrogens (primary N) is 4. The molecule has 432 valence electrons. The van der Waals surface area contributed by atoms with E-state index < -0.39 is 43.8 Å². The van der Waals surface area contributed by atoms with Crippen molar-refractivity contribution >= 4 is 146 Å². The van der Waals surface area contributed by atoms with Gasteiger partial charge < -0.3 is 26.8 Å². The molecule has 7 aromatic rings. The number of amides is 4. The van der Waals surface area contributed by atoms with Gasteiger partial charge in [-0.2, -0.15) is 0 Å². The minimum absolute atomic E-state index is 0.0148. The van der Waals surface area contributed by atoms with Crippen LogP contribution in [0, 0.1) is 5.92 Å². The summed E-state index contributed by atoms with van der Waals surface area (Å²) in [5, 5.41) is 15.6. The number of nitrogens with zero attached hydrogens (tertiary/aromatic N) is 4.